The molecule has 19 heavy (non-hydrogen) atoms. The lowest BCUT2D eigenvalue weighted by Crippen LogP contribution is -2.44. The molecule has 1 heterocycles. The molecular formula is C13H26N2O3S. The Morgan fingerprint density at radius 1 is 1.26 bits per heavy atom. The first-order valence-corrected chi connectivity index (χ1v) is 8.78. The second kappa shape index (κ2) is 7.12. The minimum atomic E-state index is -2.98. The summed E-state index contributed by atoms with van der Waals surface area (Å²) in [5.41, 5.74) is 0. The fourth-order valence-corrected chi connectivity index (χ4v) is 3.99. The first-order valence-electron chi connectivity index (χ1n) is 7.07. The molecule has 0 radical (unpaired) electrons. The summed E-state index contributed by atoms with van der Waals surface area (Å²) in [6.07, 6.45) is 3.37. The molecule has 0 spiro atoms. The lowest BCUT2D eigenvalue weighted by Gasteiger charge is -2.17. The average molecular weight is 290 g/mol. The Balaban J connectivity index is 2.24. The maximum absolute atomic E-state index is 11.6. The molecule has 2 atom stereocenters. The van der Waals surface area contributed by atoms with Crippen molar-refractivity contribution >= 4 is 15.9 Å². The van der Waals surface area contributed by atoms with Crippen LogP contribution in [0.4, 0.5) is 4.79 Å². The number of nitrogens with one attached hydrogen (secondary N) is 2. The van der Waals surface area contributed by atoms with Crippen LogP contribution in [0.5, 0.6) is 0 Å². The molecule has 112 valence electrons. The van der Waals surface area contributed by atoms with Crippen LogP contribution in [0.3, 0.4) is 0 Å². The molecule has 0 saturated carbocycles. The van der Waals surface area contributed by atoms with Gasteiger partial charge in [-0.25, -0.2) is 13.2 Å². The van der Waals surface area contributed by atoms with Crippen molar-refractivity contribution in [3.8, 4) is 0 Å². The van der Waals surface area contributed by atoms with Crippen LogP contribution in [-0.4, -0.2) is 38.0 Å². The molecule has 2 amide bonds. The van der Waals surface area contributed by atoms with Crippen molar-refractivity contribution in [2.24, 2.45) is 5.92 Å². The maximum atomic E-state index is 11.6. The monoisotopic (exact) mass is 290 g/mol. The van der Waals surface area contributed by atoms with Gasteiger partial charge in [-0.2, -0.15) is 0 Å². The summed E-state index contributed by atoms with van der Waals surface area (Å²) in [6, 6.07) is -0.152. The summed E-state index contributed by atoms with van der Waals surface area (Å²) in [5, 5.41) is 5.11. The number of carbonyl (C=O) groups excluding carboxylic acids is 1. The molecular weight excluding hydrogens is 264 g/mol. The van der Waals surface area contributed by atoms with E-state index in [1.165, 1.54) is 0 Å². The Hall–Kier alpha value is -0.780. The van der Waals surface area contributed by atoms with Gasteiger partial charge in [-0.05, 0) is 38.5 Å². The lowest BCUT2D eigenvalue weighted by molar-refractivity contribution is 0.236. The van der Waals surface area contributed by atoms with E-state index in [2.05, 4.69) is 24.5 Å². The third kappa shape index (κ3) is 5.80. The molecule has 2 unspecified atom stereocenters. The first-order chi connectivity index (χ1) is 8.81. The SMILES string of the molecule is CC(C)CCC(C)NC(=O)NCC1CCCS1(=O)=O. The molecule has 1 rings (SSSR count). The van der Waals surface area contributed by atoms with Gasteiger partial charge in [-0.1, -0.05) is 13.8 Å². The molecule has 6 heteroatoms. The van der Waals surface area contributed by atoms with Crippen LogP contribution in [0.15, 0.2) is 0 Å². The van der Waals surface area contributed by atoms with E-state index in [1.807, 2.05) is 6.92 Å². The fourth-order valence-electron chi connectivity index (χ4n) is 2.22. The second-order valence-electron chi connectivity index (χ2n) is 5.86. The fraction of sp³-hybridized carbons (Fsp3) is 0.923. The van der Waals surface area contributed by atoms with Crippen LogP contribution >= 0.6 is 0 Å². The Labute approximate surface area is 116 Å². The van der Waals surface area contributed by atoms with Crippen molar-refractivity contribution in [1.29, 1.82) is 0 Å². The van der Waals surface area contributed by atoms with E-state index in [9.17, 15) is 13.2 Å². The standard InChI is InChI=1S/C13H26N2O3S/c1-10(2)6-7-11(3)15-13(16)14-9-12-5-4-8-19(12,17)18/h10-12H,4-9H2,1-3H3,(H2,14,15,16). The Morgan fingerprint density at radius 3 is 2.47 bits per heavy atom. The molecule has 0 aromatic heterocycles. The largest absolute Gasteiger partial charge is 0.337 e. The smallest absolute Gasteiger partial charge is 0.315 e. The molecule has 0 bridgehead atoms. The normalized spacial score (nSPS) is 23.3. The van der Waals surface area contributed by atoms with Crippen LogP contribution in [0.2, 0.25) is 0 Å². The van der Waals surface area contributed by atoms with Crippen molar-refractivity contribution in [3.63, 3.8) is 0 Å². The zero-order valence-corrected chi connectivity index (χ0v) is 12.9. The third-order valence-electron chi connectivity index (χ3n) is 3.51. The summed E-state index contributed by atoms with van der Waals surface area (Å²) in [6.45, 7) is 6.49. The van der Waals surface area contributed by atoms with Crippen molar-refractivity contribution in [2.75, 3.05) is 12.3 Å². The van der Waals surface area contributed by atoms with E-state index in [4.69, 9.17) is 0 Å². The van der Waals surface area contributed by atoms with Gasteiger partial charge in [0.1, 0.15) is 0 Å². The van der Waals surface area contributed by atoms with Gasteiger partial charge in [-0.15, -0.1) is 0 Å². The van der Waals surface area contributed by atoms with E-state index >= 15 is 0 Å². The van der Waals surface area contributed by atoms with Crippen LogP contribution in [-0.2, 0) is 9.84 Å². The highest BCUT2D eigenvalue weighted by Gasteiger charge is 2.31. The van der Waals surface area contributed by atoms with Crippen LogP contribution in [0.25, 0.3) is 0 Å². The zero-order chi connectivity index (χ0) is 14.5. The number of amides is 2. The van der Waals surface area contributed by atoms with Crippen molar-refractivity contribution in [1.82, 2.24) is 10.6 Å². The van der Waals surface area contributed by atoms with Crippen molar-refractivity contribution in [2.45, 2.75) is 57.7 Å². The highest BCUT2D eigenvalue weighted by molar-refractivity contribution is 7.92. The van der Waals surface area contributed by atoms with E-state index in [-0.39, 0.29) is 24.4 Å². The van der Waals surface area contributed by atoms with Gasteiger partial charge in [0.25, 0.3) is 0 Å². The number of carbonyl (C=O) groups is 1. The van der Waals surface area contributed by atoms with E-state index in [0.717, 1.165) is 12.8 Å². The van der Waals surface area contributed by atoms with Crippen LogP contribution < -0.4 is 10.6 Å². The summed E-state index contributed by atoms with van der Waals surface area (Å²) >= 11 is 0. The van der Waals surface area contributed by atoms with Gasteiger partial charge in [0.05, 0.1) is 11.0 Å². The van der Waals surface area contributed by atoms with E-state index in [0.29, 0.717) is 18.8 Å². The topological polar surface area (TPSA) is 75.3 Å². The minimum absolute atomic E-state index is 0.114. The third-order valence-corrected chi connectivity index (χ3v) is 5.78. The van der Waals surface area contributed by atoms with Crippen molar-refractivity contribution < 1.29 is 13.2 Å². The number of sulfone groups is 1. The Morgan fingerprint density at radius 2 is 1.95 bits per heavy atom. The molecule has 1 aliphatic rings. The molecule has 5 nitrogen and oxygen atoms in total. The van der Waals surface area contributed by atoms with E-state index in [1.54, 1.807) is 0 Å². The quantitative estimate of drug-likeness (QED) is 0.781. The van der Waals surface area contributed by atoms with Gasteiger partial charge in [0.2, 0.25) is 0 Å². The van der Waals surface area contributed by atoms with Crippen molar-refractivity contribution in [3.05, 3.63) is 0 Å². The van der Waals surface area contributed by atoms with Gasteiger partial charge in [-0.3, -0.25) is 0 Å². The molecule has 0 aromatic carbocycles. The number of hydrogen-bond donors (Lipinski definition) is 2. The Bertz CT molecular complexity index is 393. The predicted octanol–water partition coefficient (Wildman–Crippen LogP) is 1.69. The highest BCUT2D eigenvalue weighted by Crippen LogP contribution is 2.18. The molecule has 2 N–H and O–H groups in total. The molecule has 1 fully saturated rings. The number of rotatable bonds is 6. The lowest BCUT2D eigenvalue weighted by atomic mass is 10.0. The molecule has 0 aliphatic carbocycles. The zero-order valence-electron chi connectivity index (χ0n) is 12.1. The number of urea groups is 1. The molecule has 1 saturated heterocycles. The van der Waals surface area contributed by atoms with Gasteiger partial charge in [0, 0.05) is 12.6 Å². The van der Waals surface area contributed by atoms with Crippen LogP contribution in [0, 0.1) is 5.92 Å². The van der Waals surface area contributed by atoms with Gasteiger partial charge in [0.15, 0.2) is 9.84 Å². The predicted molar refractivity (Wildman–Crippen MR) is 76.9 cm³/mol. The minimum Gasteiger partial charge on any atom is -0.337 e. The van der Waals surface area contributed by atoms with Gasteiger partial charge >= 0.3 is 6.03 Å². The molecule has 0 aromatic rings. The van der Waals surface area contributed by atoms with Gasteiger partial charge < -0.3 is 10.6 Å². The highest BCUT2D eigenvalue weighted by atomic mass is 32.2. The second-order valence-corrected chi connectivity index (χ2v) is 8.26. The van der Waals surface area contributed by atoms with Crippen LogP contribution in [0.1, 0.15) is 46.5 Å². The Kier molecular flexibility index (Phi) is 6.10. The average Bonchev–Trinajstić information content (AvgIpc) is 2.63. The van der Waals surface area contributed by atoms with E-state index < -0.39 is 15.1 Å². The summed E-state index contributed by atoms with van der Waals surface area (Å²) in [7, 11) is -2.98. The summed E-state index contributed by atoms with van der Waals surface area (Å²) < 4.78 is 23.2. The molecule has 1 aliphatic heterocycles. The number of hydrogen-bond acceptors (Lipinski definition) is 3. The first kappa shape index (κ1) is 16.3. The maximum Gasteiger partial charge on any atom is 0.315 e. The summed E-state index contributed by atoms with van der Waals surface area (Å²) in [5.74, 6) is 0.877. The summed E-state index contributed by atoms with van der Waals surface area (Å²) in [4.78, 5) is 11.6.